The Bertz CT molecular complexity index is 1790. The Morgan fingerprint density at radius 3 is 2.07 bits per heavy atom. The molecule has 0 aliphatic carbocycles. The fraction of sp³-hybridized carbons (Fsp3) is 0.216. The SMILES string of the molecule is CC(N)(CC(Cc1c[nH]c2ccccc12)c1nnc(Cc2ccccc2)n1CC(c1ccccc1)c1ccccc1)C(N)=O. The molecule has 0 bridgehead atoms. The quantitative estimate of drug-likeness (QED) is 0.162. The van der Waals surface area contributed by atoms with Crippen molar-refractivity contribution in [1.82, 2.24) is 19.7 Å². The van der Waals surface area contributed by atoms with Crippen LogP contribution in [0.1, 0.15) is 59.1 Å². The smallest absolute Gasteiger partial charge is 0.237 e. The molecule has 6 aromatic rings. The summed E-state index contributed by atoms with van der Waals surface area (Å²) in [4.78, 5) is 15.9. The highest BCUT2D eigenvalue weighted by molar-refractivity contribution is 5.84. The predicted molar refractivity (Wildman–Crippen MR) is 175 cm³/mol. The first-order valence-corrected chi connectivity index (χ1v) is 15.1. The zero-order chi connectivity index (χ0) is 30.5. The molecule has 2 unspecified atom stereocenters. The largest absolute Gasteiger partial charge is 0.368 e. The molecular weight excluding hydrogens is 544 g/mol. The van der Waals surface area contributed by atoms with Crippen molar-refractivity contribution in [1.29, 1.82) is 0 Å². The number of para-hydroxylation sites is 1. The van der Waals surface area contributed by atoms with E-state index >= 15 is 0 Å². The summed E-state index contributed by atoms with van der Waals surface area (Å²) in [5.74, 6) is 0.959. The third kappa shape index (κ3) is 6.33. The number of nitrogens with one attached hydrogen (secondary N) is 1. The van der Waals surface area contributed by atoms with E-state index in [1.807, 2.05) is 48.7 Å². The Kier molecular flexibility index (Phi) is 8.39. The molecule has 2 heterocycles. The molecule has 6 rings (SSSR count). The Morgan fingerprint density at radius 1 is 0.841 bits per heavy atom. The van der Waals surface area contributed by atoms with Crippen molar-refractivity contribution < 1.29 is 4.79 Å². The molecule has 2 aromatic heterocycles. The summed E-state index contributed by atoms with van der Waals surface area (Å²) >= 11 is 0. The lowest BCUT2D eigenvalue weighted by molar-refractivity contribution is -0.122. The van der Waals surface area contributed by atoms with Crippen molar-refractivity contribution in [3.05, 3.63) is 155 Å². The van der Waals surface area contributed by atoms with Crippen molar-refractivity contribution >= 4 is 16.8 Å². The maximum absolute atomic E-state index is 12.5. The summed E-state index contributed by atoms with van der Waals surface area (Å²) in [6.45, 7) is 2.33. The van der Waals surface area contributed by atoms with Gasteiger partial charge in [-0.3, -0.25) is 4.79 Å². The molecule has 0 fully saturated rings. The molecule has 0 spiro atoms. The van der Waals surface area contributed by atoms with Crippen LogP contribution >= 0.6 is 0 Å². The Hall–Kier alpha value is -5.01. The average molecular weight is 583 g/mol. The summed E-state index contributed by atoms with van der Waals surface area (Å²) in [7, 11) is 0. The molecular formula is C37H38N6O. The molecule has 222 valence electrons. The number of rotatable bonds is 12. The zero-order valence-corrected chi connectivity index (χ0v) is 24.9. The van der Waals surface area contributed by atoms with Gasteiger partial charge in [0.15, 0.2) is 0 Å². The minimum Gasteiger partial charge on any atom is -0.368 e. The van der Waals surface area contributed by atoms with Gasteiger partial charge in [0.1, 0.15) is 11.6 Å². The molecule has 7 heteroatoms. The van der Waals surface area contributed by atoms with Gasteiger partial charge in [-0.2, -0.15) is 0 Å². The molecule has 0 radical (unpaired) electrons. The van der Waals surface area contributed by atoms with Crippen LogP contribution in [0.4, 0.5) is 0 Å². The summed E-state index contributed by atoms with van der Waals surface area (Å²) in [6, 6.07) is 39.6. The van der Waals surface area contributed by atoms with Crippen molar-refractivity contribution in [2.24, 2.45) is 11.5 Å². The summed E-state index contributed by atoms with van der Waals surface area (Å²) in [5, 5.41) is 10.8. The average Bonchev–Trinajstić information content (AvgIpc) is 3.64. The van der Waals surface area contributed by atoms with Crippen LogP contribution in [0.2, 0.25) is 0 Å². The maximum atomic E-state index is 12.5. The van der Waals surface area contributed by atoms with E-state index in [0.717, 1.165) is 33.7 Å². The topological polar surface area (TPSA) is 116 Å². The van der Waals surface area contributed by atoms with Crippen LogP contribution in [0, 0.1) is 0 Å². The number of nitrogens with zero attached hydrogens (tertiary/aromatic N) is 3. The fourth-order valence-electron chi connectivity index (χ4n) is 6.15. The molecule has 0 saturated heterocycles. The summed E-state index contributed by atoms with van der Waals surface area (Å²) in [5.41, 5.74) is 16.9. The fourth-order valence-corrected chi connectivity index (χ4v) is 6.15. The van der Waals surface area contributed by atoms with Crippen LogP contribution in [-0.4, -0.2) is 31.2 Å². The first-order chi connectivity index (χ1) is 21.4. The van der Waals surface area contributed by atoms with Crippen LogP contribution in [0.15, 0.2) is 121 Å². The van der Waals surface area contributed by atoms with Gasteiger partial charge in [0.2, 0.25) is 5.91 Å². The number of hydrogen-bond donors (Lipinski definition) is 3. The molecule has 44 heavy (non-hydrogen) atoms. The molecule has 0 aliphatic heterocycles. The highest BCUT2D eigenvalue weighted by Crippen LogP contribution is 2.34. The van der Waals surface area contributed by atoms with E-state index in [1.54, 1.807) is 6.92 Å². The summed E-state index contributed by atoms with van der Waals surface area (Å²) < 4.78 is 2.26. The number of aromatic nitrogens is 4. The standard InChI is InChI=1S/C37H38N6O/c1-37(39,36(38)44)23-29(22-30-24-40-33-20-12-11-19-31(30)33)35-42-41-34(21-26-13-5-2-6-14-26)43(35)25-32(27-15-7-3-8-16-27)28-17-9-4-10-18-28/h2-20,24,29,32,40H,21-23,25,39H2,1H3,(H2,38,44). The zero-order valence-electron chi connectivity index (χ0n) is 24.9. The number of amides is 1. The molecule has 7 nitrogen and oxygen atoms in total. The normalized spacial score (nSPS) is 13.6. The van der Waals surface area contributed by atoms with Crippen LogP contribution in [0.25, 0.3) is 10.9 Å². The van der Waals surface area contributed by atoms with Gasteiger partial charge in [0.25, 0.3) is 0 Å². The van der Waals surface area contributed by atoms with E-state index in [9.17, 15) is 4.79 Å². The lowest BCUT2D eigenvalue weighted by atomic mass is 9.84. The van der Waals surface area contributed by atoms with Gasteiger partial charge >= 0.3 is 0 Å². The third-order valence-electron chi connectivity index (χ3n) is 8.57. The number of primary amides is 1. The number of carbonyl (C=O) groups is 1. The van der Waals surface area contributed by atoms with E-state index in [4.69, 9.17) is 21.7 Å². The second-order valence-electron chi connectivity index (χ2n) is 11.9. The van der Waals surface area contributed by atoms with E-state index in [-0.39, 0.29) is 11.8 Å². The monoisotopic (exact) mass is 582 g/mol. The Morgan fingerprint density at radius 2 is 1.43 bits per heavy atom. The van der Waals surface area contributed by atoms with Crippen LogP contribution in [0.5, 0.6) is 0 Å². The highest BCUT2D eigenvalue weighted by Gasteiger charge is 2.34. The van der Waals surface area contributed by atoms with Gasteiger partial charge in [-0.15, -0.1) is 10.2 Å². The van der Waals surface area contributed by atoms with Gasteiger partial charge in [0, 0.05) is 41.9 Å². The van der Waals surface area contributed by atoms with Crippen molar-refractivity contribution in [3.63, 3.8) is 0 Å². The van der Waals surface area contributed by atoms with E-state index < -0.39 is 11.4 Å². The van der Waals surface area contributed by atoms with Crippen LogP contribution in [0.3, 0.4) is 0 Å². The van der Waals surface area contributed by atoms with Crippen molar-refractivity contribution in [3.8, 4) is 0 Å². The first-order valence-electron chi connectivity index (χ1n) is 15.1. The lowest BCUT2D eigenvalue weighted by Crippen LogP contribution is -2.50. The summed E-state index contributed by atoms with van der Waals surface area (Å²) in [6.07, 6.45) is 3.61. The van der Waals surface area contributed by atoms with E-state index in [0.29, 0.717) is 25.8 Å². The van der Waals surface area contributed by atoms with Gasteiger partial charge in [-0.25, -0.2) is 0 Å². The number of benzene rings is 4. The first kappa shape index (κ1) is 29.1. The number of nitrogens with two attached hydrogens (primary N) is 2. The van der Waals surface area contributed by atoms with Crippen LogP contribution < -0.4 is 11.5 Å². The van der Waals surface area contributed by atoms with Gasteiger partial charge in [-0.05, 0) is 48.1 Å². The van der Waals surface area contributed by atoms with Gasteiger partial charge in [-0.1, -0.05) is 109 Å². The molecule has 1 amide bonds. The van der Waals surface area contributed by atoms with Crippen molar-refractivity contribution in [2.75, 3.05) is 0 Å². The Labute approximate surface area is 258 Å². The third-order valence-corrected chi connectivity index (χ3v) is 8.57. The molecule has 2 atom stereocenters. The minimum absolute atomic E-state index is 0.0517. The Balaban J connectivity index is 1.48. The second-order valence-corrected chi connectivity index (χ2v) is 11.9. The molecule has 4 aromatic carbocycles. The number of fused-ring (bicyclic) bond motifs is 1. The van der Waals surface area contributed by atoms with E-state index in [2.05, 4.69) is 82.3 Å². The molecule has 5 N–H and O–H groups in total. The van der Waals surface area contributed by atoms with Gasteiger partial charge < -0.3 is 21.0 Å². The molecule has 0 aliphatic rings. The minimum atomic E-state index is -1.23. The highest BCUT2D eigenvalue weighted by atomic mass is 16.1. The number of aromatic amines is 1. The molecule has 0 saturated carbocycles. The van der Waals surface area contributed by atoms with Crippen molar-refractivity contribution in [2.45, 2.75) is 50.1 Å². The van der Waals surface area contributed by atoms with Gasteiger partial charge in [0.05, 0.1) is 5.54 Å². The van der Waals surface area contributed by atoms with Crippen LogP contribution in [-0.2, 0) is 24.2 Å². The number of H-pyrrole nitrogens is 1. The predicted octanol–water partition coefficient (Wildman–Crippen LogP) is 6.10. The number of carbonyl (C=O) groups excluding carboxylic acids is 1. The second kappa shape index (κ2) is 12.7. The maximum Gasteiger partial charge on any atom is 0.237 e. The number of hydrogen-bond acceptors (Lipinski definition) is 4. The lowest BCUT2D eigenvalue weighted by Gasteiger charge is -2.28. The van der Waals surface area contributed by atoms with E-state index in [1.165, 1.54) is 11.1 Å².